The molecule has 0 aliphatic heterocycles. The van der Waals surface area contributed by atoms with Gasteiger partial charge in [-0.05, 0) is 57.8 Å². The van der Waals surface area contributed by atoms with Crippen molar-refractivity contribution < 1.29 is 53.3 Å². The Kier molecular flexibility index (Phi) is 34.3. The van der Waals surface area contributed by atoms with Gasteiger partial charge in [-0.2, -0.15) is 0 Å². The fourth-order valence-corrected chi connectivity index (χ4v) is 5.50. The van der Waals surface area contributed by atoms with Gasteiger partial charge in [0.1, 0.15) is 6.61 Å². The van der Waals surface area contributed by atoms with E-state index in [1.165, 1.54) is 25.3 Å². The van der Waals surface area contributed by atoms with Gasteiger partial charge in [0.2, 0.25) is 0 Å². The smallest absolute Gasteiger partial charge is 0.462 e. The van der Waals surface area contributed by atoms with Gasteiger partial charge >= 0.3 is 19.8 Å². The summed E-state index contributed by atoms with van der Waals surface area (Å²) in [6.45, 7) is 3.24. The molecule has 0 saturated heterocycles. The number of hydrogen-bond acceptors (Lipinski definition) is 9. The Morgan fingerprint density at radius 1 is 0.611 bits per heavy atom. The number of phosphoric ester groups is 1. The number of rotatable bonds is 35. The van der Waals surface area contributed by atoms with E-state index in [0.717, 1.165) is 77.0 Å². The molecule has 11 nitrogen and oxygen atoms in total. The highest BCUT2D eigenvalue weighted by Gasteiger charge is 2.23. The van der Waals surface area contributed by atoms with Crippen molar-refractivity contribution in [3.05, 3.63) is 72.9 Å². The molecule has 0 saturated carbocycles. The number of ether oxygens (including phenoxy) is 2. The molecule has 0 aromatic carbocycles. The molecule has 0 unspecified atom stereocenters. The predicted octanol–water partition coefficient (Wildman–Crippen LogP) is 8.81. The van der Waals surface area contributed by atoms with Crippen molar-refractivity contribution in [1.29, 1.82) is 0 Å². The third-order valence-corrected chi connectivity index (χ3v) is 8.80. The second-order valence-electron chi connectivity index (χ2n) is 13.5. The third-order valence-electron chi connectivity index (χ3n) is 8.31. The molecule has 4 atom stereocenters. The maximum Gasteiger partial charge on any atom is 0.469 e. The summed E-state index contributed by atoms with van der Waals surface area (Å²) in [5.41, 5.74) is 0. The van der Waals surface area contributed by atoms with Crippen LogP contribution >= 0.6 is 7.82 Å². The Morgan fingerprint density at radius 3 is 1.81 bits per heavy atom. The number of phosphoric acid groups is 1. The Balaban J connectivity index is 4.33. The number of esters is 2. The first-order valence-corrected chi connectivity index (χ1v) is 21.6. The number of unbranched alkanes of at least 4 members (excludes halogenated alkanes) is 11. The molecule has 0 aromatic heterocycles. The first kappa shape index (κ1) is 51.4. The summed E-state index contributed by atoms with van der Waals surface area (Å²) in [7, 11) is -4.86. The van der Waals surface area contributed by atoms with E-state index in [1.807, 2.05) is 0 Å². The first-order valence-electron chi connectivity index (χ1n) is 20.1. The zero-order valence-electron chi connectivity index (χ0n) is 32.9. The summed E-state index contributed by atoms with van der Waals surface area (Å²) in [5, 5.41) is 30.3. The minimum absolute atomic E-state index is 0.0857. The zero-order chi connectivity index (χ0) is 40.1. The van der Waals surface area contributed by atoms with Crippen molar-refractivity contribution in [3.8, 4) is 0 Å². The van der Waals surface area contributed by atoms with E-state index in [4.69, 9.17) is 19.3 Å². The zero-order valence-corrected chi connectivity index (χ0v) is 33.8. The number of carbonyl (C=O) groups excluding carboxylic acids is 2. The number of aliphatic hydroxyl groups is 3. The summed E-state index contributed by atoms with van der Waals surface area (Å²) < 4.78 is 26.1. The average molecular weight is 783 g/mol. The van der Waals surface area contributed by atoms with Gasteiger partial charge in [0.25, 0.3) is 0 Å². The minimum atomic E-state index is -4.86. The van der Waals surface area contributed by atoms with E-state index in [-0.39, 0.29) is 25.7 Å². The van der Waals surface area contributed by atoms with E-state index >= 15 is 0 Å². The highest BCUT2D eigenvalue weighted by atomic mass is 31.2. The van der Waals surface area contributed by atoms with E-state index in [2.05, 4.69) is 42.7 Å². The van der Waals surface area contributed by atoms with Crippen LogP contribution in [0.1, 0.15) is 142 Å². The minimum Gasteiger partial charge on any atom is -0.462 e. The van der Waals surface area contributed by atoms with Crippen molar-refractivity contribution in [2.45, 2.75) is 167 Å². The summed E-state index contributed by atoms with van der Waals surface area (Å²) in [4.78, 5) is 42.8. The van der Waals surface area contributed by atoms with Gasteiger partial charge in [0.15, 0.2) is 6.10 Å². The van der Waals surface area contributed by atoms with Gasteiger partial charge in [-0.25, -0.2) is 4.57 Å². The van der Waals surface area contributed by atoms with Gasteiger partial charge in [0.05, 0.1) is 24.9 Å². The fourth-order valence-electron chi connectivity index (χ4n) is 5.14. The van der Waals surface area contributed by atoms with Crippen LogP contribution in [0.15, 0.2) is 72.9 Å². The molecule has 0 amide bonds. The van der Waals surface area contributed by atoms with Gasteiger partial charge in [0, 0.05) is 12.8 Å². The average Bonchev–Trinajstić information content (AvgIpc) is 3.13. The molecule has 0 aliphatic rings. The molecule has 54 heavy (non-hydrogen) atoms. The van der Waals surface area contributed by atoms with E-state index in [1.54, 1.807) is 42.5 Å². The van der Waals surface area contributed by atoms with Crippen LogP contribution in [0.5, 0.6) is 0 Å². The first-order chi connectivity index (χ1) is 26.0. The Labute approximate surface area is 325 Å². The molecule has 0 rings (SSSR count). The van der Waals surface area contributed by atoms with E-state index in [0.29, 0.717) is 6.42 Å². The standard InChI is InChI=1S/C42H71O11P/c1-3-5-7-8-9-10-11-12-13-14-15-16-17-18-23-27-33-41(46)51-35-38(36-52-54(48,49)50)53-42(47)34-28-32-40(45)39(44)31-26-22-20-19-21-25-30-37(43)29-24-6-4-2/h9-10,12-13,19-22,25-26,30-31,37-40,43-45H,3-8,11,14-18,23-24,27-29,32-36H2,1-2H3,(H2,48,49,50)/b10-9-,13-12-,21-19-,22-20+,30-25+,31-26+/t37-,38+,39-,40-/m0/s1. The normalized spacial score (nSPS) is 15.0. The van der Waals surface area contributed by atoms with Gasteiger partial charge < -0.3 is 34.6 Å². The Morgan fingerprint density at radius 2 is 1.17 bits per heavy atom. The second-order valence-corrected chi connectivity index (χ2v) is 14.7. The SMILES string of the molecule is CCCCC/C=C\C/C=C\CCCCCCCCC(=O)OC[C@H](COP(=O)(O)O)OC(=O)CCC[C@H](O)[C@@H](O)/C=C/C=C/C=C\C=C\[C@@H](O)CCCCC. The Bertz CT molecular complexity index is 1150. The lowest BCUT2D eigenvalue weighted by atomic mass is 10.1. The second kappa shape index (κ2) is 36.0. The van der Waals surface area contributed by atoms with Crippen LogP contribution in [0.2, 0.25) is 0 Å². The molecule has 0 bridgehead atoms. The summed E-state index contributed by atoms with van der Waals surface area (Å²) >= 11 is 0. The fraction of sp³-hybridized carbons (Fsp3) is 0.667. The monoisotopic (exact) mass is 782 g/mol. The van der Waals surface area contributed by atoms with Crippen molar-refractivity contribution in [1.82, 2.24) is 0 Å². The van der Waals surface area contributed by atoms with Crippen molar-refractivity contribution in [2.24, 2.45) is 0 Å². The highest BCUT2D eigenvalue weighted by Crippen LogP contribution is 2.36. The van der Waals surface area contributed by atoms with Crippen LogP contribution in [0.4, 0.5) is 0 Å². The van der Waals surface area contributed by atoms with Crippen LogP contribution in [0, 0.1) is 0 Å². The predicted molar refractivity (Wildman–Crippen MR) is 215 cm³/mol. The van der Waals surface area contributed by atoms with Crippen LogP contribution in [0.3, 0.4) is 0 Å². The highest BCUT2D eigenvalue weighted by molar-refractivity contribution is 7.46. The van der Waals surface area contributed by atoms with Crippen LogP contribution in [0.25, 0.3) is 0 Å². The van der Waals surface area contributed by atoms with Crippen molar-refractivity contribution >= 4 is 19.8 Å². The molecule has 0 fully saturated rings. The van der Waals surface area contributed by atoms with Gasteiger partial charge in [-0.1, -0.05) is 145 Å². The topological polar surface area (TPSA) is 180 Å². The molecule has 0 aliphatic carbocycles. The van der Waals surface area contributed by atoms with E-state index in [9.17, 15) is 29.5 Å². The maximum atomic E-state index is 12.4. The number of allylic oxidation sites excluding steroid dienone is 10. The quantitative estimate of drug-likeness (QED) is 0.0136. The van der Waals surface area contributed by atoms with Gasteiger partial charge in [-0.15, -0.1) is 0 Å². The number of carbonyl (C=O) groups is 2. The van der Waals surface area contributed by atoms with Crippen LogP contribution in [-0.4, -0.2) is 74.7 Å². The molecule has 310 valence electrons. The lowest BCUT2D eigenvalue weighted by Gasteiger charge is -2.19. The molecular formula is C42H71O11P. The third kappa shape index (κ3) is 36.4. The lowest BCUT2D eigenvalue weighted by Crippen LogP contribution is -2.29. The molecule has 5 N–H and O–H groups in total. The van der Waals surface area contributed by atoms with E-state index < -0.39 is 57.4 Å². The maximum absolute atomic E-state index is 12.4. The Hall–Kier alpha value is -2.63. The number of aliphatic hydroxyl groups excluding tert-OH is 3. The summed E-state index contributed by atoms with van der Waals surface area (Å²) in [5.74, 6) is -1.23. The van der Waals surface area contributed by atoms with Crippen molar-refractivity contribution in [3.63, 3.8) is 0 Å². The van der Waals surface area contributed by atoms with Gasteiger partial charge in [-0.3, -0.25) is 14.1 Å². The molecule has 0 spiro atoms. The van der Waals surface area contributed by atoms with Crippen molar-refractivity contribution in [2.75, 3.05) is 13.2 Å². The van der Waals surface area contributed by atoms with Crippen LogP contribution < -0.4 is 0 Å². The van der Waals surface area contributed by atoms with Crippen LogP contribution in [-0.2, 0) is 28.2 Å². The lowest BCUT2D eigenvalue weighted by molar-refractivity contribution is -0.161. The summed E-state index contributed by atoms with van der Waals surface area (Å²) in [6.07, 6.45) is 35.6. The molecule has 12 heteroatoms. The number of hydrogen-bond donors (Lipinski definition) is 5. The molecular weight excluding hydrogens is 711 g/mol. The molecule has 0 radical (unpaired) electrons. The molecule has 0 heterocycles. The summed E-state index contributed by atoms with van der Waals surface area (Å²) in [6, 6.07) is 0. The largest absolute Gasteiger partial charge is 0.469 e. The molecule has 0 aromatic rings.